The van der Waals surface area contributed by atoms with Crippen LogP contribution in [0.4, 0.5) is 0 Å². The average Bonchev–Trinajstić information content (AvgIpc) is 2.17. The minimum absolute atomic E-state index is 0.241. The highest BCUT2D eigenvalue weighted by Crippen LogP contribution is 1.97. The zero-order chi connectivity index (χ0) is 9.52. The second kappa shape index (κ2) is 5.67. The van der Waals surface area contributed by atoms with Gasteiger partial charge in [-0.2, -0.15) is 0 Å². The van der Waals surface area contributed by atoms with Crippen LogP contribution in [-0.2, 0) is 6.54 Å². The molecule has 1 atom stereocenters. The van der Waals surface area contributed by atoms with Crippen LogP contribution in [0.5, 0.6) is 0 Å². The number of nitrogens with zero attached hydrogens (tertiary/aromatic N) is 1. The Kier molecular flexibility index (Phi) is 4.43. The van der Waals surface area contributed by atoms with E-state index in [4.69, 9.17) is 5.11 Å². The van der Waals surface area contributed by atoms with Crippen LogP contribution in [0.15, 0.2) is 24.5 Å². The zero-order valence-corrected chi connectivity index (χ0v) is 7.90. The lowest BCUT2D eigenvalue weighted by Gasteiger charge is -2.11. The quantitative estimate of drug-likeness (QED) is 0.709. The lowest BCUT2D eigenvalue weighted by atomic mass is 10.2. The molecule has 0 aliphatic carbocycles. The summed E-state index contributed by atoms with van der Waals surface area (Å²) >= 11 is 0. The minimum Gasteiger partial charge on any atom is -0.396 e. The molecular formula is C10H16N2O. The SMILES string of the molecule is CC(CCO)NCc1ccncc1. The van der Waals surface area contributed by atoms with Gasteiger partial charge in [-0.05, 0) is 31.0 Å². The van der Waals surface area contributed by atoms with Gasteiger partial charge in [0.2, 0.25) is 0 Å². The molecule has 0 amide bonds. The van der Waals surface area contributed by atoms with Crippen LogP contribution in [0, 0.1) is 0 Å². The smallest absolute Gasteiger partial charge is 0.0445 e. The number of aliphatic hydroxyl groups is 1. The first-order valence-electron chi connectivity index (χ1n) is 4.56. The normalized spacial score (nSPS) is 12.8. The van der Waals surface area contributed by atoms with Gasteiger partial charge in [-0.15, -0.1) is 0 Å². The number of pyridine rings is 1. The highest BCUT2D eigenvalue weighted by molar-refractivity contribution is 5.09. The first-order chi connectivity index (χ1) is 6.33. The lowest BCUT2D eigenvalue weighted by molar-refractivity contribution is 0.268. The molecule has 1 unspecified atom stereocenters. The van der Waals surface area contributed by atoms with E-state index >= 15 is 0 Å². The molecule has 3 nitrogen and oxygen atoms in total. The van der Waals surface area contributed by atoms with E-state index in [1.807, 2.05) is 12.1 Å². The first kappa shape index (κ1) is 10.2. The van der Waals surface area contributed by atoms with Crippen molar-refractivity contribution in [2.24, 2.45) is 0 Å². The minimum atomic E-state index is 0.241. The molecule has 1 aromatic rings. The van der Waals surface area contributed by atoms with Gasteiger partial charge >= 0.3 is 0 Å². The summed E-state index contributed by atoms with van der Waals surface area (Å²) in [4.78, 5) is 3.94. The number of aromatic nitrogens is 1. The lowest BCUT2D eigenvalue weighted by Crippen LogP contribution is -2.26. The molecule has 3 heteroatoms. The van der Waals surface area contributed by atoms with Gasteiger partial charge in [0.15, 0.2) is 0 Å². The van der Waals surface area contributed by atoms with Gasteiger partial charge in [0.25, 0.3) is 0 Å². The number of rotatable bonds is 5. The third-order valence-corrected chi connectivity index (χ3v) is 1.97. The van der Waals surface area contributed by atoms with Gasteiger partial charge in [0.05, 0.1) is 0 Å². The molecule has 1 aromatic heterocycles. The maximum absolute atomic E-state index is 8.68. The fourth-order valence-corrected chi connectivity index (χ4v) is 1.09. The van der Waals surface area contributed by atoms with E-state index < -0.39 is 0 Å². The van der Waals surface area contributed by atoms with Gasteiger partial charge < -0.3 is 10.4 Å². The number of hydrogen-bond donors (Lipinski definition) is 2. The second-order valence-electron chi connectivity index (χ2n) is 3.15. The monoisotopic (exact) mass is 180 g/mol. The standard InChI is InChI=1S/C10H16N2O/c1-9(4-7-13)12-8-10-2-5-11-6-3-10/h2-3,5-6,9,12-13H,4,7-8H2,1H3. The summed E-state index contributed by atoms with van der Waals surface area (Å²) in [5.41, 5.74) is 1.22. The summed E-state index contributed by atoms with van der Waals surface area (Å²) in [5.74, 6) is 0. The Hall–Kier alpha value is -0.930. The van der Waals surface area contributed by atoms with Crippen molar-refractivity contribution in [1.29, 1.82) is 0 Å². The van der Waals surface area contributed by atoms with Gasteiger partial charge in [0, 0.05) is 31.6 Å². The van der Waals surface area contributed by atoms with Crippen molar-refractivity contribution in [2.45, 2.75) is 25.9 Å². The Morgan fingerprint density at radius 3 is 2.77 bits per heavy atom. The molecular weight excluding hydrogens is 164 g/mol. The molecule has 13 heavy (non-hydrogen) atoms. The van der Waals surface area contributed by atoms with E-state index in [-0.39, 0.29) is 6.61 Å². The van der Waals surface area contributed by atoms with Crippen molar-refractivity contribution in [2.75, 3.05) is 6.61 Å². The Morgan fingerprint density at radius 2 is 2.15 bits per heavy atom. The predicted molar refractivity (Wildman–Crippen MR) is 52.2 cm³/mol. The van der Waals surface area contributed by atoms with Crippen LogP contribution < -0.4 is 5.32 Å². The average molecular weight is 180 g/mol. The predicted octanol–water partition coefficient (Wildman–Crippen LogP) is 0.942. The molecule has 0 saturated heterocycles. The summed E-state index contributed by atoms with van der Waals surface area (Å²) in [6.45, 7) is 3.14. The Bertz CT molecular complexity index is 226. The molecule has 0 aliphatic rings. The summed E-state index contributed by atoms with van der Waals surface area (Å²) in [6, 6.07) is 4.33. The van der Waals surface area contributed by atoms with Gasteiger partial charge in [-0.25, -0.2) is 0 Å². The largest absolute Gasteiger partial charge is 0.396 e. The van der Waals surface area contributed by atoms with Crippen molar-refractivity contribution in [3.8, 4) is 0 Å². The molecule has 0 radical (unpaired) electrons. The molecule has 0 aromatic carbocycles. The summed E-state index contributed by atoms with van der Waals surface area (Å²) < 4.78 is 0. The van der Waals surface area contributed by atoms with Crippen LogP contribution in [0.1, 0.15) is 18.9 Å². The Labute approximate surface area is 78.8 Å². The molecule has 0 bridgehead atoms. The fraction of sp³-hybridized carbons (Fsp3) is 0.500. The molecule has 0 spiro atoms. The van der Waals surface area contributed by atoms with Crippen LogP contribution in [0.3, 0.4) is 0 Å². The molecule has 0 aliphatic heterocycles. The van der Waals surface area contributed by atoms with Crippen LogP contribution in [-0.4, -0.2) is 22.7 Å². The van der Waals surface area contributed by atoms with Crippen molar-refractivity contribution in [3.63, 3.8) is 0 Å². The summed E-state index contributed by atoms with van der Waals surface area (Å²) in [5, 5.41) is 12.0. The van der Waals surface area contributed by atoms with E-state index in [0.717, 1.165) is 13.0 Å². The molecule has 2 N–H and O–H groups in total. The van der Waals surface area contributed by atoms with E-state index in [2.05, 4.69) is 17.2 Å². The van der Waals surface area contributed by atoms with E-state index in [1.165, 1.54) is 5.56 Å². The molecule has 1 heterocycles. The third-order valence-electron chi connectivity index (χ3n) is 1.97. The van der Waals surface area contributed by atoms with Gasteiger partial charge in [-0.1, -0.05) is 0 Å². The van der Waals surface area contributed by atoms with Gasteiger partial charge in [-0.3, -0.25) is 4.98 Å². The number of aliphatic hydroxyl groups excluding tert-OH is 1. The van der Waals surface area contributed by atoms with E-state index in [9.17, 15) is 0 Å². The highest BCUT2D eigenvalue weighted by Gasteiger charge is 1.99. The zero-order valence-electron chi connectivity index (χ0n) is 7.90. The molecule has 72 valence electrons. The van der Waals surface area contributed by atoms with Crippen LogP contribution in [0.25, 0.3) is 0 Å². The highest BCUT2D eigenvalue weighted by atomic mass is 16.3. The van der Waals surface area contributed by atoms with E-state index in [0.29, 0.717) is 6.04 Å². The number of hydrogen-bond acceptors (Lipinski definition) is 3. The van der Waals surface area contributed by atoms with Gasteiger partial charge in [0.1, 0.15) is 0 Å². The molecule has 0 saturated carbocycles. The molecule has 0 fully saturated rings. The summed E-state index contributed by atoms with van der Waals surface area (Å²) in [6.07, 6.45) is 4.37. The maximum atomic E-state index is 8.68. The van der Waals surface area contributed by atoms with E-state index in [1.54, 1.807) is 12.4 Å². The Balaban J connectivity index is 2.27. The third kappa shape index (κ3) is 4.01. The Morgan fingerprint density at radius 1 is 1.46 bits per heavy atom. The van der Waals surface area contributed by atoms with Crippen LogP contribution in [0.2, 0.25) is 0 Å². The van der Waals surface area contributed by atoms with Crippen molar-refractivity contribution in [3.05, 3.63) is 30.1 Å². The second-order valence-corrected chi connectivity index (χ2v) is 3.15. The van der Waals surface area contributed by atoms with Crippen molar-refractivity contribution in [1.82, 2.24) is 10.3 Å². The van der Waals surface area contributed by atoms with Crippen LogP contribution >= 0.6 is 0 Å². The van der Waals surface area contributed by atoms with Crippen molar-refractivity contribution < 1.29 is 5.11 Å². The molecule has 1 rings (SSSR count). The summed E-state index contributed by atoms with van der Waals surface area (Å²) in [7, 11) is 0. The number of nitrogens with one attached hydrogen (secondary N) is 1. The topological polar surface area (TPSA) is 45.1 Å². The first-order valence-corrected chi connectivity index (χ1v) is 4.56. The van der Waals surface area contributed by atoms with Crippen molar-refractivity contribution >= 4 is 0 Å². The fourth-order valence-electron chi connectivity index (χ4n) is 1.09. The maximum Gasteiger partial charge on any atom is 0.0445 e.